The van der Waals surface area contributed by atoms with Gasteiger partial charge < -0.3 is 4.74 Å². The SMILES string of the molecule is Cn1c(=O)n([C@@H]2CCCOC2)c2c3cc(Br)ccc3nnc21. The Morgan fingerprint density at radius 2 is 2.23 bits per heavy atom. The fourth-order valence-electron chi connectivity index (χ4n) is 3.13. The predicted octanol–water partition coefficient (Wildman–Crippen LogP) is 2.40. The highest BCUT2D eigenvalue weighted by molar-refractivity contribution is 9.10. The van der Waals surface area contributed by atoms with Gasteiger partial charge in [0.05, 0.1) is 18.2 Å². The Labute approximate surface area is 134 Å². The van der Waals surface area contributed by atoms with Crippen molar-refractivity contribution in [1.29, 1.82) is 0 Å². The maximum atomic E-state index is 12.7. The van der Waals surface area contributed by atoms with Crippen LogP contribution >= 0.6 is 15.9 Å². The Hall–Kier alpha value is -1.73. The Balaban J connectivity index is 2.11. The van der Waals surface area contributed by atoms with Crippen LogP contribution < -0.4 is 5.69 Å². The molecule has 0 N–H and O–H groups in total. The number of rotatable bonds is 1. The maximum Gasteiger partial charge on any atom is 0.330 e. The van der Waals surface area contributed by atoms with E-state index in [1.165, 1.54) is 0 Å². The molecule has 22 heavy (non-hydrogen) atoms. The molecule has 4 rings (SSSR count). The number of aryl methyl sites for hydroxylation is 1. The molecule has 0 amide bonds. The maximum absolute atomic E-state index is 12.7. The van der Waals surface area contributed by atoms with E-state index in [1.54, 1.807) is 11.6 Å². The smallest absolute Gasteiger partial charge is 0.330 e. The number of hydrogen-bond donors (Lipinski definition) is 0. The molecule has 0 aliphatic carbocycles. The van der Waals surface area contributed by atoms with Crippen LogP contribution in [0.25, 0.3) is 22.1 Å². The highest BCUT2D eigenvalue weighted by Gasteiger charge is 2.24. The summed E-state index contributed by atoms with van der Waals surface area (Å²) in [5.41, 5.74) is 2.18. The van der Waals surface area contributed by atoms with Crippen LogP contribution in [0.2, 0.25) is 0 Å². The number of nitrogens with zero attached hydrogens (tertiary/aromatic N) is 4. The van der Waals surface area contributed by atoms with Crippen LogP contribution in [-0.2, 0) is 11.8 Å². The van der Waals surface area contributed by atoms with Gasteiger partial charge in [-0.1, -0.05) is 15.9 Å². The van der Waals surface area contributed by atoms with E-state index in [1.807, 2.05) is 22.8 Å². The monoisotopic (exact) mass is 362 g/mol. The first-order valence-corrected chi connectivity index (χ1v) is 8.07. The first kappa shape index (κ1) is 13.9. The summed E-state index contributed by atoms with van der Waals surface area (Å²) < 4.78 is 9.92. The van der Waals surface area contributed by atoms with Crippen LogP contribution in [0, 0.1) is 0 Å². The van der Waals surface area contributed by atoms with Crippen molar-refractivity contribution >= 4 is 38.0 Å². The third-order valence-corrected chi connectivity index (χ3v) is 4.72. The van der Waals surface area contributed by atoms with E-state index in [0.717, 1.165) is 40.3 Å². The number of imidazole rings is 1. The van der Waals surface area contributed by atoms with Gasteiger partial charge in [0.15, 0.2) is 5.65 Å². The van der Waals surface area contributed by atoms with Crippen molar-refractivity contribution in [3.8, 4) is 0 Å². The largest absolute Gasteiger partial charge is 0.379 e. The van der Waals surface area contributed by atoms with Gasteiger partial charge in [-0.15, -0.1) is 10.2 Å². The molecular weight excluding hydrogens is 348 g/mol. The van der Waals surface area contributed by atoms with E-state index in [2.05, 4.69) is 26.1 Å². The Morgan fingerprint density at radius 3 is 3.00 bits per heavy atom. The van der Waals surface area contributed by atoms with Gasteiger partial charge in [0.25, 0.3) is 0 Å². The second-order valence-electron chi connectivity index (χ2n) is 5.62. The molecule has 3 heterocycles. The van der Waals surface area contributed by atoms with Crippen molar-refractivity contribution in [1.82, 2.24) is 19.3 Å². The molecule has 0 saturated carbocycles. The lowest BCUT2D eigenvalue weighted by Crippen LogP contribution is -2.31. The predicted molar refractivity (Wildman–Crippen MR) is 87.1 cm³/mol. The van der Waals surface area contributed by atoms with Crippen molar-refractivity contribution < 1.29 is 4.74 Å². The minimum atomic E-state index is -0.0627. The standard InChI is InChI=1S/C15H15BrN4O2/c1-19-14-13(11-7-9(16)4-5-12(11)17-18-14)20(15(19)21)10-3-2-6-22-8-10/h4-5,7,10H,2-3,6,8H2,1H3/t10-/m1/s1. The van der Waals surface area contributed by atoms with E-state index < -0.39 is 0 Å². The number of fused-ring (bicyclic) bond motifs is 3. The zero-order valence-electron chi connectivity index (χ0n) is 12.1. The average molecular weight is 363 g/mol. The van der Waals surface area contributed by atoms with Gasteiger partial charge in [0, 0.05) is 23.5 Å². The van der Waals surface area contributed by atoms with Gasteiger partial charge >= 0.3 is 5.69 Å². The number of halogens is 1. The third kappa shape index (κ3) is 1.99. The summed E-state index contributed by atoms with van der Waals surface area (Å²) in [6, 6.07) is 5.88. The summed E-state index contributed by atoms with van der Waals surface area (Å²) in [5, 5.41) is 9.42. The minimum absolute atomic E-state index is 0.0522. The highest BCUT2D eigenvalue weighted by atomic mass is 79.9. The van der Waals surface area contributed by atoms with Crippen molar-refractivity contribution in [3.05, 3.63) is 33.2 Å². The molecule has 1 aliphatic heterocycles. The third-order valence-electron chi connectivity index (χ3n) is 4.23. The fraction of sp³-hybridized carbons (Fsp3) is 0.400. The molecule has 1 atom stereocenters. The van der Waals surface area contributed by atoms with Crippen LogP contribution in [-0.4, -0.2) is 32.5 Å². The number of aromatic nitrogens is 4. The molecule has 3 aromatic rings. The van der Waals surface area contributed by atoms with Crippen molar-refractivity contribution in [2.24, 2.45) is 7.05 Å². The molecule has 1 aromatic carbocycles. The minimum Gasteiger partial charge on any atom is -0.379 e. The average Bonchev–Trinajstić information content (AvgIpc) is 2.80. The van der Waals surface area contributed by atoms with Crippen LogP contribution in [0.15, 0.2) is 27.5 Å². The molecule has 0 bridgehead atoms. The number of benzene rings is 1. The molecule has 0 radical (unpaired) electrons. The molecule has 0 unspecified atom stereocenters. The molecule has 7 heteroatoms. The second-order valence-corrected chi connectivity index (χ2v) is 6.53. The summed E-state index contributed by atoms with van der Waals surface area (Å²) in [4.78, 5) is 12.7. The van der Waals surface area contributed by atoms with E-state index >= 15 is 0 Å². The van der Waals surface area contributed by atoms with Crippen molar-refractivity contribution in [2.45, 2.75) is 18.9 Å². The van der Waals surface area contributed by atoms with Gasteiger partial charge in [-0.25, -0.2) is 4.79 Å². The van der Waals surface area contributed by atoms with Crippen molar-refractivity contribution in [2.75, 3.05) is 13.2 Å². The summed E-state index contributed by atoms with van der Waals surface area (Å²) >= 11 is 3.50. The molecular formula is C15H15BrN4O2. The summed E-state index contributed by atoms with van der Waals surface area (Å²) in [7, 11) is 1.74. The Bertz CT molecular complexity index is 925. The molecule has 1 fully saturated rings. The van der Waals surface area contributed by atoms with Gasteiger partial charge in [0.2, 0.25) is 0 Å². The second kappa shape index (κ2) is 5.17. The first-order chi connectivity index (χ1) is 10.7. The molecule has 6 nitrogen and oxygen atoms in total. The van der Waals surface area contributed by atoms with Gasteiger partial charge in [0.1, 0.15) is 5.52 Å². The topological polar surface area (TPSA) is 61.9 Å². The van der Waals surface area contributed by atoms with Crippen LogP contribution in [0.5, 0.6) is 0 Å². The quantitative estimate of drug-likeness (QED) is 0.666. The molecule has 2 aromatic heterocycles. The molecule has 1 saturated heterocycles. The molecule has 0 spiro atoms. The Kier molecular flexibility index (Phi) is 3.27. The van der Waals surface area contributed by atoms with Gasteiger partial charge in [-0.2, -0.15) is 0 Å². The van der Waals surface area contributed by atoms with Crippen LogP contribution in [0.4, 0.5) is 0 Å². The number of hydrogen-bond acceptors (Lipinski definition) is 4. The Morgan fingerprint density at radius 1 is 1.36 bits per heavy atom. The summed E-state index contributed by atoms with van der Waals surface area (Å²) in [5.74, 6) is 0. The van der Waals surface area contributed by atoms with E-state index in [0.29, 0.717) is 12.3 Å². The summed E-state index contributed by atoms with van der Waals surface area (Å²) in [6.45, 7) is 1.33. The van der Waals surface area contributed by atoms with Crippen LogP contribution in [0.1, 0.15) is 18.9 Å². The summed E-state index contributed by atoms with van der Waals surface area (Å²) in [6.07, 6.45) is 1.91. The lowest BCUT2D eigenvalue weighted by Gasteiger charge is -2.23. The fourth-order valence-corrected chi connectivity index (χ4v) is 3.49. The lowest BCUT2D eigenvalue weighted by atomic mass is 10.1. The lowest BCUT2D eigenvalue weighted by molar-refractivity contribution is 0.0593. The highest BCUT2D eigenvalue weighted by Crippen LogP contribution is 2.28. The normalized spacial score (nSPS) is 19.1. The first-order valence-electron chi connectivity index (χ1n) is 7.27. The van der Waals surface area contributed by atoms with Gasteiger partial charge in [-0.3, -0.25) is 9.13 Å². The van der Waals surface area contributed by atoms with E-state index in [9.17, 15) is 4.79 Å². The van der Waals surface area contributed by atoms with Crippen LogP contribution in [0.3, 0.4) is 0 Å². The molecule has 1 aliphatic rings. The van der Waals surface area contributed by atoms with Crippen molar-refractivity contribution in [3.63, 3.8) is 0 Å². The van der Waals surface area contributed by atoms with E-state index in [-0.39, 0.29) is 11.7 Å². The van der Waals surface area contributed by atoms with Gasteiger partial charge in [-0.05, 0) is 31.0 Å². The van der Waals surface area contributed by atoms with E-state index in [4.69, 9.17) is 4.74 Å². The zero-order valence-corrected chi connectivity index (χ0v) is 13.7. The number of ether oxygens (including phenoxy) is 1. The zero-order chi connectivity index (χ0) is 15.3. The molecule has 114 valence electrons.